The second-order valence-corrected chi connectivity index (χ2v) is 14.6. The predicted molar refractivity (Wildman–Crippen MR) is 197 cm³/mol. The molecule has 0 bridgehead atoms. The van der Waals surface area contributed by atoms with E-state index >= 15 is 0 Å². The molecule has 0 saturated carbocycles. The maximum absolute atomic E-state index is 12.8. The number of aliphatic hydroxyl groups excluding tert-OH is 1. The number of amides is 2. The Hall–Kier alpha value is -4.59. The minimum Gasteiger partial charge on any atom is -0.467 e. The summed E-state index contributed by atoms with van der Waals surface area (Å²) in [7, 11) is 1.31. The highest BCUT2D eigenvalue weighted by atomic mass is 32.2. The van der Waals surface area contributed by atoms with Crippen LogP contribution in [0.3, 0.4) is 0 Å². The van der Waals surface area contributed by atoms with Gasteiger partial charge < -0.3 is 30.0 Å². The number of ether oxygens (including phenoxy) is 3. The molecular weight excluding hydrogens is 685 g/mol. The van der Waals surface area contributed by atoms with Gasteiger partial charge in [0.2, 0.25) is 0 Å². The second kappa shape index (κ2) is 17.6. The van der Waals surface area contributed by atoms with Gasteiger partial charge in [-0.3, -0.25) is 0 Å². The topological polar surface area (TPSA) is 132 Å². The van der Waals surface area contributed by atoms with E-state index in [2.05, 4.69) is 20.8 Å². The molecule has 51 heavy (non-hydrogen) atoms. The van der Waals surface area contributed by atoms with E-state index in [-0.39, 0.29) is 25.4 Å². The van der Waals surface area contributed by atoms with E-state index in [1.165, 1.54) is 7.11 Å². The number of benzene rings is 4. The van der Waals surface area contributed by atoms with Crippen LogP contribution in [0.1, 0.15) is 51.6 Å². The Morgan fingerprint density at radius 1 is 0.902 bits per heavy atom. The number of esters is 1. The molecule has 1 fully saturated rings. The quantitative estimate of drug-likeness (QED) is 0.0874. The Kier molecular flexibility index (Phi) is 12.5. The molecule has 6 rings (SSSR count). The molecule has 4 atom stereocenters. The van der Waals surface area contributed by atoms with Crippen molar-refractivity contribution < 1.29 is 28.9 Å². The van der Waals surface area contributed by atoms with E-state index in [4.69, 9.17) is 14.2 Å². The Bertz CT molecular complexity index is 1890. The van der Waals surface area contributed by atoms with Crippen molar-refractivity contribution in [1.82, 2.24) is 20.8 Å². The highest BCUT2D eigenvalue weighted by Crippen LogP contribution is 2.40. The van der Waals surface area contributed by atoms with Gasteiger partial charge in [-0.15, -0.1) is 10.2 Å². The fourth-order valence-electron chi connectivity index (χ4n) is 5.79. The van der Waals surface area contributed by atoms with Crippen molar-refractivity contribution in [2.24, 2.45) is 0 Å². The van der Waals surface area contributed by atoms with Crippen molar-refractivity contribution in [2.75, 3.05) is 12.9 Å². The van der Waals surface area contributed by atoms with E-state index < -0.39 is 24.3 Å². The van der Waals surface area contributed by atoms with E-state index in [9.17, 15) is 14.7 Å². The molecule has 0 spiro atoms. The first-order valence-electron chi connectivity index (χ1n) is 16.7. The van der Waals surface area contributed by atoms with Crippen molar-refractivity contribution in [1.29, 1.82) is 0 Å². The average molecular weight is 725 g/mol. The lowest BCUT2D eigenvalue weighted by molar-refractivity contribution is -0.245. The lowest BCUT2D eigenvalue weighted by Crippen LogP contribution is -2.47. The van der Waals surface area contributed by atoms with Crippen LogP contribution in [0.15, 0.2) is 107 Å². The Morgan fingerprint density at radius 2 is 1.65 bits per heavy atom. The summed E-state index contributed by atoms with van der Waals surface area (Å²) in [5.41, 5.74) is 6.61. The molecule has 0 aliphatic carbocycles. The Morgan fingerprint density at radius 3 is 2.35 bits per heavy atom. The Balaban J connectivity index is 1.10. The van der Waals surface area contributed by atoms with Crippen molar-refractivity contribution >= 4 is 35.1 Å². The third-order valence-corrected chi connectivity index (χ3v) is 10.6. The van der Waals surface area contributed by atoms with E-state index in [1.54, 1.807) is 23.1 Å². The van der Waals surface area contributed by atoms with Gasteiger partial charge >= 0.3 is 12.0 Å². The summed E-state index contributed by atoms with van der Waals surface area (Å²) in [5.74, 6) is 0.209. The molecule has 5 aromatic rings. The normalized spacial score (nSPS) is 17.7. The first kappa shape index (κ1) is 36.2. The number of carbonyl (C=O) groups is 2. The zero-order chi connectivity index (χ0) is 35.6. The molecule has 2 amide bonds. The van der Waals surface area contributed by atoms with Crippen LogP contribution in [-0.4, -0.2) is 52.3 Å². The molecule has 4 aromatic carbocycles. The number of aliphatic hydroxyl groups is 1. The van der Waals surface area contributed by atoms with Gasteiger partial charge in [0.15, 0.2) is 10.6 Å². The van der Waals surface area contributed by atoms with Crippen LogP contribution in [-0.2, 0) is 38.6 Å². The van der Waals surface area contributed by atoms with Crippen LogP contribution in [0, 0.1) is 6.92 Å². The number of hydrogen-bond donors (Lipinski definition) is 3. The lowest BCUT2D eigenvalue weighted by Gasteiger charge is -2.36. The number of thioether (sulfide) groups is 1. The molecule has 3 N–H and O–H groups in total. The van der Waals surface area contributed by atoms with Gasteiger partial charge in [-0.05, 0) is 46.4 Å². The lowest BCUT2D eigenvalue weighted by atomic mass is 9.99. The van der Waals surface area contributed by atoms with Crippen molar-refractivity contribution in [3.05, 3.63) is 136 Å². The molecule has 2 heterocycles. The molecule has 1 aliphatic heterocycles. The summed E-state index contributed by atoms with van der Waals surface area (Å²) in [5, 5.41) is 24.4. The van der Waals surface area contributed by atoms with Gasteiger partial charge in [-0.2, -0.15) is 0 Å². The standard InChI is InChI=1S/C39H40N4O6S2/c1-25-42-43-39(51-25)50-24-33-21-35(30-13-11-27(23-44)12-14-30)49-37(48-33)31-17-15-29(16-18-31)32-10-6-9-28(19-32)22-40-38(46)41-34(36(45)47-2)20-26-7-4-3-5-8-26/h3-19,33-35,37,44H,20-24H2,1-2H3,(H2,40,41,46)/t33-,34-,35+,37+/m0/s1. The average Bonchev–Trinajstić information content (AvgIpc) is 3.61. The maximum Gasteiger partial charge on any atom is 0.328 e. The van der Waals surface area contributed by atoms with Gasteiger partial charge in [0.05, 0.1) is 25.9 Å². The third kappa shape index (κ3) is 10.0. The monoisotopic (exact) mass is 724 g/mol. The van der Waals surface area contributed by atoms with E-state index in [0.29, 0.717) is 18.6 Å². The molecule has 12 heteroatoms. The zero-order valence-corrected chi connectivity index (χ0v) is 30.0. The highest BCUT2D eigenvalue weighted by molar-refractivity contribution is 8.01. The Labute approximate surface area is 305 Å². The van der Waals surface area contributed by atoms with Gasteiger partial charge in [-0.1, -0.05) is 120 Å². The fraction of sp³-hybridized carbons (Fsp3) is 0.282. The molecular formula is C39H40N4O6S2. The van der Waals surface area contributed by atoms with Crippen molar-refractivity contribution in [3.63, 3.8) is 0 Å². The van der Waals surface area contributed by atoms with Crippen LogP contribution in [0.25, 0.3) is 11.1 Å². The molecule has 0 unspecified atom stereocenters. The SMILES string of the molecule is COC(=O)[C@H](Cc1ccccc1)NC(=O)NCc1cccc(-c2ccc([C@@H]3O[C@H](CSc4nnc(C)s4)C[C@H](c4ccc(CO)cc4)O3)cc2)c1. The number of nitrogens with zero attached hydrogens (tertiary/aromatic N) is 2. The first-order valence-corrected chi connectivity index (χ1v) is 18.5. The number of methoxy groups -OCH3 is 1. The summed E-state index contributed by atoms with van der Waals surface area (Å²) in [6, 6.07) is 32.1. The van der Waals surface area contributed by atoms with Crippen LogP contribution in [0.4, 0.5) is 4.79 Å². The number of aryl methyl sites for hydroxylation is 1. The molecule has 1 saturated heterocycles. The number of nitrogens with one attached hydrogen (secondary N) is 2. The number of hydrogen-bond acceptors (Lipinski definition) is 10. The summed E-state index contributed by atoms with van der Waals surface area (Å²) in [6.45, 7) is 2.21. The maximum atomic E-state index is 12.8. The van der Waals surface area contributed by atoms with Crippen LogP contribution >= 0.6 is 23.1 Å². The van der Waals surface area contributed by atoms with E-state index in [1.807, 2.05) is 110 Å². The van der Waals surface area contributed by atoms with Gasteiger partial charge in [0.1, 0.15) is 11.0 Å². The summed E-state index contributed by atoms with van der Waals surface area (Å²) in [6.07, 6.45) is 0.184. The van der Waals surface area contributed by atoms with Crippen LogP contribution in [0.2, 0.25) is 0 Å². The van der Waals surface area contributed by atoms with Crippen LogP contribution in [0.5, 0.6) is 0 Å². The number of urea groups is 1. The van der Waals surface area contributed by atoms with E-state index in [0.717, 1.165) is 48.3 Å². The molecule has 10 nitrogen and oxygen atoms in total. The molecule has 1 aliphatic rings. The molecule has 264 valence electrons. The summed E-state index contributed by atoms with van der Waals surface area (Å²) >= 11 is 3.21. The summed E-state index contributed by atoms with van der Waals surface area (Å²) in [4.78, 5) is 25.2. The minimum atomic E-state index is -0.810. The zero-order valence-electron chi connectivity index (χ0n) is 28.4. The third-order valence-electron chi connectivity index (χ3n) is 8.49. The molecule has 0 radical (unpaired) electrons. The van der Waals surface area contributed by atoms with Crippen molar-refractivity contribution in [2.45, 2.75) is 61.8 Å². The largest absolute Gasteiger partial charge is 0.467 e. The number of carbonyl (C=O) groups excluding carboxylic acids is 2. The second-order valence-electron chi connectivity index (χ2n) is 12.2. The number of rotatable bonds is 13. The highest BCUT2D eigenvalue weighted by Gasteiger charge is 2.32. The van der Waals surface area contributed by atoms with Gasteiger partial charge in [-0.25, -0.2) is 9.59 Å². The van der Waals surface area contributed by atoms with Crippen molar-refractivity contribution in [3.8, 4) is 11.1 Å². The van der Waals surface area contributed by atoms with Crippen LogP contribution < -0.4 is 10.6 Å². The minimum absolute atomic E-state index is 0.00811. The number of aromatic nitrogens is 2. The molecule has 1 aromatic heterocycles. The summed E-state index contributed by atoms with van der Waals surface area (Å²) < 4.78 is 18.9. The van der Waals surface area contributed by atoms with Gasteiger partial charge in [0.25, 0.3) is 0 Å². The smallest absolute Gasteiger partial charge is 0.328 e. The first-order chi connectivity index (χ1) is 24.9. The van der Waals surface area contributed by atoms with Gasteiger partial charge in [0, 0.05) is 30.7 Å². The predicted octanol–water partition coefficient (Wildman–Crippen LogP) is 6.93. The fourth-order valence-corrected chi connectivity index (χ4v) is 7.65.